The Bertz CT molecular complexity index is 1060. The molecule has 1 aliphatic rings. The lowest BCUT2D eigenvalue weighted by Crippen LogP contribution is -2.29. The quantitative estimate of drug-likeness (QED) is 0.0972. The summed E-state index contributed by atoms with van der Waals surface area (Å²) >= 11 is 0. The van der Waals surface area contributed by atoms with Gasteiger partial charge in [-0.25, -0.2) is 4.79 Å². The van der Waals surface area contributed by atoms with Crippen molar-refractivity contribution in [2.45, 2.75) is 5.92 Å². The van der Waals surface area contributed by atoms with Crippen LogP contribution in [0.4, 0.5) is 4.79 Å². The molecule has 0 bridgehead atoms. The van der Waals surface area contributed by atoms with Crippen LogP contribution in [0, 0.1) is 0 Å². The van der Waals surface area contributed by atoms with E-state index in [0.29, 0.717) is 119 Å². The second-order valence-corrected chi connectivity index (χ2v) is 10.2. The van der Waals surface area contributed by atoms with E-state index in [4.69, 9.17) is 47.4 Å². The fourth-order valence-electron chi connectivity index (χ4n) is 4.71. The van der Waals surface area contributed by atoms with Crippen LogP contribution in [0.3, 0.4) is 0 Å². The number of carbonyl (C=O) groups is 1. The summed E-state index contributed by atoms with van der Waals surface area (Å²) in [4.78, 5) is 12.2. The fourth-order valence-corrected chi connectivity index (χ4v) is 4.71. The third-order valence-corrected chi connectivity index (χ3v) is 6.93. The largest absolute Gasteiger partial charge is 0.499 e. The van der Waals surface area contributed by atoms with E-state index >= 15 is 0 Å². The summed E-state index contributed by atoms with van der Waals surface area (Å²) in [7, 11) is 0. The van der Waals surface area contributed by atoms with Gasteiger partial charge in [0.2, 0.25) is 0 Å². The predicted molar refractivity (Wildman–Crippen MR) is 176 cm³/mol. The van der Waals surface area contributed by atoms with Gasteiger partial charge in [0.1, 0.15) is 13.2 Å². The molecule has 1 aliphatic carbocycles. The third-order valence-electron chi connectivity index (χ3n) is 6.93. The van der Waals surface area contributed by atoms with Crippen molar-refractivity contribution >= 4 is 6.09 Å². The van der Waals surface area contributed by atoms with E-state index in [2.05, 4.69) is 36.2 Å². The highest BCUT2D eigenvalue weighted by Crippen LogP contribution is 2.44. The van der Waals surface area contributed by atoms with Gasteiger partial charge in [0.05, 0.1) is 112 Å². The van der Waals surface area contributed by atoms with Crippen LogP contribution in [0.1, 0.15) is 17.0 Å². The van der Waals surface area contributed by atoms with Crippen LogP contribution in [0.15, 0.2) is 61.4 Å². The molecule has 0 aromatic heterocycles. The van der Waals surface area contributed by atoms with Crippen LogP contribution in [-0.4, -0.2) is 132 Å². The van der Waals surface area contributed by atoms with E-state index in [9.17, 15) is 4.79 Å². The number of ether oxygens (including phenoxy) is 10. The van der Waals surface area contributed by atoms with Crippen molar-refractivity contribution in [3.05, 3.63) is 72.5 Å². The minimum atomic E-state index is -0.451. The Morgan fingerprint density at radius 3 is 1.32 bits per heavy atom. The second-order valence-electron chi connectivity index (χ2n) is 10.2. The van der Waals surface area contributed by atoms with E-state index in [-0.39, 0.29) is 12.5 Å². The SMILES string of the molecule is C=COCCOCCOCCOCCOCCOCCOCCOCCOCCNC(=O)OCC1c2ccccc2-c2ccccc21. The van der Waals surface area contributed by atoms with Crippen molar-refractivity contribution < 1.29 is 52.2 Å². The zero-order valence-corrected chi connectivity index (χ0v) is 27.4. The summed E-state index contributed by atoms with van der Waals surface area (Å²) < 4.78 is 54.1. The van der Waals surface area contributed by atoms with Crippen LogP contribution in [0.2, 0.25) is 0 Å². The average Bonchev–Trinajstić information content (AvgIpc) is 3.42. The zero-order valence-electron chi connectivity index (χ0n) is 27.4. The molecule has 2 aromatic rings. The third kappa shape index (κ3) is 16.5. The van der Waals surface area contributed by atoms with Crippen LogP contribution in [-0.2, 0) is 47.4 Å². The van der Waals surface area contributed by atoms with Crippen LogP contribution in [0.5, 0.6) is 0 Å². The van der Waals surface area contributed by atoms with Crippen molar-refractivity contribution in [3.8, 4) is 11.1 Å². The Morgan fingerprint density at radius 2 is 0.915 bits per heavy atom. The van der Waals surface area contributed by atoms with Gasteiger partial charge in [0.25, 0.3) is 0 Å². The molecule has 0 atom stereocenters. The van der Waals surface area contributed by atoms with Crippen molar-refractivity contribution in [2.24, 2.45) is 0 Å². The topological polar surface area (TPSA) is 121 Å². The second kappa shape index (κ2) is 26.0. The first-order valence-electron chi connectivity index (χ1n) is 16.2. The van der Waals surface area contributed by atoms with Gasteiger partial charge in [0.15, 0.2) is 0 Å². The minimum Gasteiger partial charge on any atom is -0.499 e. The van der Waals surface area contributed by atoms with Crippen molar-refractivity contribution in [1.82, 2.24) is 5.32 Å². The van der Waals surface area contributed by atoms with Crippen LogP contribution in [0.25, 0.3) is 11.1 Å². The molecule has 1 N–H and O–H groups in total. The fraction of sp³-hybridized carbons (Fsp3) is 0.571. The molecule has 1 amide bonds. The van der Waals surface area contributed by atoms with E-state index in [1.807, 2.05) is 24.3 Å². The van der Waals surface area contributed by atoms with Gasteiger partial charge >= 0.3 is 6.09 Å². The molecule has 0 heterocycles. The number of amides is 1. The van der Waals surface area contributed by atoms with E-state index < -0.39 is 6.09 Å². The zero-order chi connectivity index (χ0) is 33.0. The van der Waals surface area contributed by atoms with E-state index in [0.717, 1.165) is 0 Å². The smallest absolute Gasteiger partial charge is 0.407 e. The number of fused-ring (bicyclic) bond motifs is 3. The Hall–Kier alpha value is -3.07. The molecular formula is C35H51NO11. The Labute approximate surface area is 278 Å². The first-order chi connectivity index (χ1) is 23.3. The number of nitrogens with one attached hydrogen (secondary N) is 1. The summed E-state index contributed by atoms with van der Waals surface area (Å²) in [6, 6.07) is 16.5. The standard InChI is InChI=1S/C35H51NO11/c1-2-38-13-14-40-17-18-42-21-22-44-25-26-46-28-27-45-24-23-43-20-19-41-16-15-39-12-11-36-35(37)47-29-34-32-9-5-3-7-30(32)31-8-4-6-10-33(31)34/h2-10,34H,1,11-29H2,(H,36,37). The van der Waals surface area contributed by atoms with Gasteiger partial charge in [-0.05, 0) is 22.3 Å². The van der Waals surface area contributed by atoms with Crippen molar-refractivity contribution in [2.75, 3.05) is 125 Å². The van der Waals surface area contributed by atoms with Gasteiger partial charge in [-0.2, -0.15) is 0 Å². The normalized spacial score (nSPS) is 12.1. The lowest BCUT2D eigenvalue weighted by atomic mass is 9.98. The molecule has 0 aliphatic heterocycles. The molecule has 262 valence electrons. The highest BCUT2D eigenvalue weighted by molar-refractivity contribution is 5.79. The number of hydrogen-bond donors (Lipinski definition) is 1. The maximum atomic E-state index is 12.2. The number of rotatable bonds is 30. The summed E-state index contributed by atoms with van der Waals surface area (Å²) in [5, 5.41) is 2.74. The highest BCUT2D eigenvalue weighted by Gasteiger charge is 2.28. The Morgan fingerprint density at radius 1 is 0.553 bits per heavy atom. The lowest BCUT2D eigenvalue weighted by molar-refractivity contribution is -0.0238. The molecule has 0 radical (unpaired) electrons. The van der Waals surface area contributed by atoms with Gasteiger partial charge in [-0.3, -0.25) is 0 Å². The maximum Gasteiger partial charge on any atom is 0.407 e. The summed E-state index contributed by atoms with van der Waals surface area (Å²) in [6.07, 6.45) is 0.943. The predicted octanol–water partition coefficient (Wildman–Crippen LogP) is 3.82. The molecular weight excluding hydrogens is 610 g/mol. The van der Waals surface area contributed by atoms with Gasteiger partial charge < -0.3 is 52.7 Å². The maximum absolute atomic E-state index is 12.2. The molecule has 12 heteroatoms. The van der Waals surface area contributed by atoms with Gasteiger partial charge in [-0.15, -0.1) is 0 Å². The number of hydrogen-bond acceptors (Lipinski definition) is 11. The molecule has 12 nitrogen and oxygen atoms in total. The summed E-state index contributed by atoms with van der Waals surface area (Å²) in [5.41, 5.74) is 4.78. The highest BCUT2D eigenvalue weighted by atomic mass is 16.6. The summed E-state index contributed by atoms with van der Waals surface area (Å²) in [5.74, 6) is 0.0397. The van der Waals surface area contributed by atoms with Crippen LogP contribution < -0.4 is 5.32 Å². The first kappa shape index (κ1) is 38.4. The number of benzene rings is 2. The first-order valence-corrected chi connectivity index (χ1v) is 16.2. The molecule has 3 rings (SSSR count). The average molecular weight is 662 g/mol. The molecule has 47 heavy (non-hydrogen) atoms. The lowest BCUT2D eigenvalue weighted by Gasteiger charge is -2.14. The number of alkyl carbamates (subject to hydrolysis) is 1. The Balaban J connectivity index is 0.995. The molecule has 0 fully saturated rings. The molecule has 0 saturated heterocycles. The van der Waals surface area contributed by atoms with Crippen LogP contribution >= 0.6 is 0 Å². The molecule has 2 aromatic carbocycles. The monoisotopic (exact) mass is 661 g/mol. The molecule has 0 spiro atoms. The van der Waals surface area contributed by atoms with Crippen molar-refractivity contribution in [1.29, 1.82) is 0 Å². The van der Waals surface area contributed by atoms with Gasteiger partial charge in [-0.1, -0.05) is 55.1 Å². The molecule has 0 saturated carbocycles. The minimum absolute atomic E-state index is 0.0397. The number of carbonyl (C=O) groups excluding carboxylic acids is 1. The van der Waals surface area contributed by atoms with E-state index in [1.165, 1.54) is 28.5 Å². The Kier molecular flexibility index (Phi) is 21.2. The van der Waals surface area contributed by atoms with E-state index in [1.54, 1.807) is 0 Å². The molecule has 0 unspecified atom stereocenters. The van der Waals surface area contributed by atoms with Gasteiger partial charge in [0, 0.05) is 12.5 Å². The summed E-state index contributed by atoms with van der Waals surface area (Å²) in [6.45, 7) is 12.3. The van der Waals surface area contributed by atoms with Crippen molar-refractivity contribution in [3.63, 3.8) is 0 Å².